The van der Waals surface area contributed by atoms with Crippen LogP contribution in [0.3, 0.4) is 0 Å². The fourth-order valence-electron chi connectivity index (χ4n) is 2.43. The summed E-state index contributed by atoms with van der Waals surface area (Å²) in [6, 6.07) is 5.19. The van der Waals surface area contributed by atoms with Gasteiger partial charge in [-0.3, -0.25) is 0 Å². The Labute approximate surface area is 116 Å². The van der Waals surface area contributed by atoms with Crippen LogP contribution >= 0.6 is 15.9 Å². The SMILES string of the molecule is CCC1OCCC1CNCc1ccc(Br)cc1F. The molecule has 0 aromatic heterocycles. The third-order valence-corrected chi connectivity index (χ3v) is 3.98. The van der Waals surface area contributed by atoms with Crippen molar-refractivity contribution in [2.45, 2.75) is 32.4 Å². The Kier molecular flexibility index (Phi) is 5.15. The summed E-state index contributed by atoms with van der Waals surface area (Å²) < 4.78 is 20.0. The van der Waals surface area contributed by atoms with E-state index in [1.807, 2.05) is 12.1 Å². The van der Waals surface area contributed by atoms with Gasteiger partial charge in [0.15, 0.2) is 0 Å². The number of hydrogen-bond donors (Lipinski definition) is 1. The van der Waals surface area contributed by atoms with E-state index in [0.29, 0.717) is 24.1 Å². The van der Waals surface area contributed by atoms with Gasteiger partial charge in [0.25, 0.3) is 0 Å². The molecule has 18 heavy (non-hydrogen) atoms. The van der Waals surface area contributed by atoms with E-state index in [2.05, 4.69) is 28.2 Å². The quantitative estimate of drug-likeness (QED) is 0.898. The van der Waals surface area contributed by atoms with Crippen LogP contribution in [0.25, 0.3) is 0 Å². The maximum absolute atomic E-state index is 13.6. The first kappa shape index (κ1) is 14.0. The third kappa shape index (κ3) is 3.53. The molecule has 0 radical (unpaired) electrons. The summed E-state index contributed by atoms with van der Waals surface area (Å²) in [5.41, 5.74) is 0.713. The summed E-state index contributed by atoms with van der Waals surface area (Å²) in [5, 5.41) is 3.33. The Morgan fingerprint density at radius 3 is 3.06 bits per heavy atom. The maximum atomic E-state index is 13.6. The molecule has 2 rings (SSSR count). The molecule has 0 amide bonds. The van der Waals surface area contributed by atoms with Crippen LogP contribution in [0.2, 0.25) is 0 Å². The summed E-state index contributed by atoms with van der Waals surface area (Å²) >= 11 is 3.26. The lowest BCUT2D eigenvalue weighted by atomic mass is 9.99. The molecular formula is C14H19BrFNO. The minimum Gasteiger partial charge on any atom is -0.378 e. The molecule has 1 heterocycles. The highest BCUT2D eigenvalue weighted by atomic mass is 79.9. The number of halogens is 2. The second-order valence-corrected chi connectivity index (χ2v) is 5.65. The van der Waals surface area contributed by atoms with E-state index in [1.165, 1.54) is 6.07 Å². The van der Waals surface area contributed by atoms with E-state index >= 15 is 0 Å². The Morgan fingerprint density at radius 1 is 1.50 bits per heavy atom. The van der Waals surface area contributed by atoms with Crippen molar-refractivity contribution in [3.63, 3.8) is 0 Å². The van der Waals surface area contributed by atoms with Crippen LogP contribution in [0.15, 0.2) is 22.7 Å². The van der Waals surface area contributed by atoms with Crippen LogP contribution in [0.1, 0.15) is 25.3 Å². The molecule has 4 heteroatoms. The highest BCUT2D eigenvalue weighted by Gasteiger charge is 2.25. The van der Waals surface area contributed by atoms with Crippen LogP contribution in [0, 0.1) is 11.7 Å². The van der Waals surface area contributed by atoms with E-state index in [-0.39, 0.29) is 5.82 Å². The van der Waals surface area contributed by atoms with Gasteiger partial charge in [0.2, 0.25) is 0 Å². The lowest BCUT2D eigenvalue weighted by Gasteiger charge is -2.17. The van der Waals surface area contributed by atoms with Crippen molar-refractivity contribution in [2.24, 2.45) is 5.92 Å². The second kappa shape index (κ2) is 6.64. The molecule has 1 aliphatic heterocycles. The molecule has 0 spiro atoms. The lowest BCUT2D eigenvalue weighted by Crippen LogP contribution is -2.28. The van der Waals surface area contributed by atoms with Crippen molar-refractivity contribution in [1.29, 1.82) is 0 Å². The highest BCUT2D eigenvalue weighted by molar-refractivity contribution is 9.10. The van der Waals surface area contributed by atoms with E-state index < -0.39 is 0 Å². The molecular weight excluding hydrogens is 297 g/mol. The number of nitrogens with one attached hydrogen (secondary N) is 1. The van der Waals surface area contributed by atoms with Gasteiger partial charge in [0.1, 0.15) is 5.82 Å². The number of benzene rings is 1. The average Bonchev–Trinajstić information content (AvgIpc) is 2.79. The van der Waals surface area contributed by atoms with Crippen molar-refractivity contribution < 1.29 is 9.13 Å². The van der Waals surface area contributed by atoms with Crippen molar-refractivity contribution in [2.75, 3.05) is 13.2 Å². The zero-order valence-corrected chi connectivity index (χ0v) is 12.2. The van der Waals surface area contributed by atoms with E-state index in [1.54, 1.807) is 0 Å². The largest absolute Gasteiger partial charge is 0.378 e. The molecule has 1 N–H and O–H groups in total. The summed E-state index contributed by atoms with van der Waals surface area (Å²) in [5.74, 6) is 0.403. The zero-order chi connectivity index (χ0) is 13.0. The molecule has 2 atom stereocenters. The van der Waals surface area contributed by atoms with E-state index in [0.717, 1.165) is 30.5 Å². The summed E-state index contributed by atoms with van der Waals surface area (Å²) in [6.07, 6.45) is 2.53. The number of rotatable bonds is 5. The average molecular weight is 316 g/mol. The molecule has 0 saturated carbocycles. The minimum absolute atomic E-state index is 0.161. The molecule has 1 aromatic rings. The molecule has 1 fully saturated rings. The summed E-state index contributed by atoms with van der Waals surface area (Å²) in [4.78, 5) is 0. The second-order valence-electron chi connectivity index (χ2n) is 4.73. The van der Waals surface area contributed by atoms with Crippen molar-refractivity contribution in [1.82, 2.24) is 5.32 Å². The lowest BCUT2D eigenvalue weighted by molar-refractivity contribution is 0.0872. The highest BCUT2D eigenvalue weighted by Crippen LogP contribution is 2.22. The van der Waals surface area contributed by atoms with Gasteiger partial charge in [-0.05, 0) is 30.9 Å². The topological polar surface area (TPSA) is 21.3 Å². The Bertz CT molecular complexity index is 399. The number of hydrogen-bond acceptors (Lipinski definition) is 2. The zero-order valence-electron chi connectivity index (χ0n) is 10.6. The van der Waals surface area contributed by atoms with Crippen LogP contribution in [0.5, 0.6) is 0 Å². The molecule has 0 aliphatic carbocycles. The first-order chi connectivity index (χ1) is 8.70. The maximum Gasteiger partial charge on any atom is 0.128 e. The van der Waals surface area contributed by atoms with Gasteiger partial charge >= 0.3 is 0 Å². The van der Waals surface area contributed by atoms with Gasteiger partial charge in [0.05, 0.1) is 6.10 Å². The molecule has 1 saturated heterocycles. The van der Waals surface area contributed by atoms with Crippen LogP contribution in [-0.2, 0) is 11.3 Å². The predicted octanol–water partition coefficient (Wildman–Crippen LogP) is 3.49. The van der Waals surface area contributed by atoms with Crippen molar-refractivity contribution in [3.8, 4) is 0 Å². The standard InChI is InChI=1S/C14H19BrFNO/c1-2-14-11(5-6-18-14)9-17-8-10-3-4-12(15)7-13(10)16/h3-4,7,11,14,17H,2,5-6,8-9H2,1H3. The molecule has 100 valence electrons. The Hall–Kier alpha value is -0.450. The monoisotopic (exact) mass is 315 g/mol. The van der Waals surface area contributed by atoms with Gasteiger partial charge in [-0.15, -0.1) is 0 Å². The smallest absolute Gasteiger partial charge is 0.128 e. The third-order valence-electron chi connectivity index (χ3n) is 3.49. The van der Waals surface area contributed by atoms with Gasteiger partial charge < -0.3 is 10.1 Å². The van der Waals surface area contributed by atoms with Gasteiger partial charge in [-0.25, -0.2) is 4.39 Å². The van der Waals surface area contributed by atoms with Crippen LogP contribution < -0.4 is 5.32 Å². The van der Waals surface area contributed by atoms with Crippen LogP contribution in [0.4, 0.5) is 4.39 Å². The first-order valence-electron chi connectivity index (χ1n) is 6.47. The molecule has 1 aromatic carbocycles. The summed E-state index contributed by atoms with van der Waals surface area (Å²) in [6.45, 7) is 4.48. The normalized spacial score (nSPS) is 23.5. The van der Waals surface area contributed by atoms with Gasteiger partial charge in [0, 0.05) is 29.7 Å². The fourth-order valence-corrected chi connectivity index (χ4v) is 2.77. The minimum atomic E-state index is -0.161. The van der Waals surface area contributed by atoms with E-state index in [9.17, 15) is 4.39 Å². The molecule has 1 aliphatic rings. The van der Waals surface area contributed by atoms with Gasteiger partial charge in [-0.1, -0.05) is 28.9 Å². The fraction of sp³-hybridized carbons (Fsp3) is 0.571. The Balaban J connectivity index is 1.81. The molecule has 0 bridgehead atoms. The first-order valence-corrected chi connectivity index (χ1v) is 7.26. The number of ether oxygens (including phenoxy) is 1. The molecule has 2 nitrogen and oxygen atoms in total. The van der Waals surface area contributed by atoms with Crippen molar-refractivity contribution in [3.05, 3.63) is 34.1 Å². The Morgan fingerprint density at radius 2 is 2.33 bits per heavy atom. The van der Waals surface area contributed by atoms with Gasteiger partial charge in [-0.2, -0.15) is 0 Å². The predicted molar refractivity (Wildman–Crippen MR) is 73.9 cm³/mol. The van der Waals surface area contributed by atoms with Crippen molar-refractivity contribution >= 4 is 15.9 Å². The van der Waals surface area contributed by atoms with Crippen LogP contribution in [-0.4, -0.2) is 19.3 Å². The van der Waals surface area contributed by atoms with E-state index in [4.69, 9.17) is 4.74 Å². The summed E-state index contributed by atoms with van der Waals surface area (Å²) in [7, 11) is 0. The molecule has 2 unspecified atom stereocenters.